The van der Waals surface area contributed by atoms with Crippen molar-refractivity contribution >= 4 is 5.91 Å². The van der Waals surface area contributed by atoms with Crippen LogP contribution in [0.1, 0.15) is 23.7 Å². The van der Waals surface area contributed by atoms with Gasteiger partial charge in [-0.2, -0.15) is 0 Å². The molecule has 5 nitrogen and oxygen atoms in total. The van der Waals surface area contributed by atoms with E-state index in [1.165, 1.54) is 0 Å². The fraction of sp³-hybridized carbons (Fsp3) is 0.500. The standard InChI is InChI=1S/C14H19NO4/c1-2-19-12-5-3-11(4-6-12)13(16)15-9-14(17)7-8-18-10-14/h3-6,17H,2,7-10H2,1H3,(H,15,16). The first kappa shape index (κ1) is 13.8. The number of carbonyl (C=O) groups excluding carboxylic acids is 1. The van der Waals surface area contributed by atoms with Gasteiger partial charge in [0, 0.05) is 25.1 Å². The highest BCUT2D eigenvalue weighted by atomic mass is 16.5. The first-order valence-corrected chi connectivity index (χ1v) is 6.44. The van der Waals surface area contributed by atoms with Crippen molar-refractivity contribution in [2.75, 3.05) is 26.4 Å². The number of aliphatic hydroxyl groups is 1. The zero-order valence-electron chi connectivity index (χ0n) is 11.0. The zero-order valence-corrected chi connectivity index (χ0v) is 11.0. The summed E-state index contributed by atoms with van der Waals surface area (Å²) >= 11 is 0. The van der Waals surface area contributed by atoms with Crippen LogP contribution in [0, 0.1) is 0 Å². The molecule has 1 aliphatic heterocycles. The quantitative estimate of drug-likeness (QED) is 0.832. The van der Waals surface area contributed by atoms with Gasteiger partial charge in [0.05, 0.1) is 13.2 Å². The second-order valence-corrected chi connectivity index (χ2v) is 4.67. The van der Waals surface area contributed by atoms with E-state index in [1.54, 1.807) is 24.3 Å². The Morgan fingerprint density at radius 3 is 2.79 bits per heavy atom. The lowest BCUT2D eigenvalue weighted by Crippen LogP contribution is -2.43. The van der Waals surface area contributed by atoms with E-state index in [1.807, 2.05) is 6.92 Å². The summed E-state index contributed by atoms with van der Waals surface area (Å²) < 4.78 is 10.4. The molecule has 19 heavy (non-hydrogen) atoms. The van der Waals surface area contributed by atoms with Crippen LogP contribution in [0.25, 0.3) is 0 Å². The molecule has 2 N–H and O–H groups in total. The maximum atomic E-state index is 11.9. The lowest BCUT2D eigenvalue weighted by Gasteiger charge is -2.20. The Balaban J connectivity index is 1.88. The molecule has 1 unspecified atom stereocenters. The molecule has 1 aromatic carbocycles. The van der Waals surface area contributed by atoms with Gasteiger partial charge in [-0.1, -0.05) is 0 Å². The maximum Gasteiger partial charge on any atom is 0.251 e. The smallest absolute Gasteiger partial charge is 0.251 e. The van der Waals surface area contributed by atoms with Crippen molar-refractivity contribution in [2.45, 2.75) is 18.9 Å². The van der Waals surface area contributed by atoms with Crippen LogP contribution in [-0.4, -0.2) is 43.0 Å². The molecular formula is C14H19NO4. The predicted molar refractivity (Wildman–Crippen MR) is 70.3 cm³/mol. The van der Waals surface area contributed by atoms with Crippen molar-refractivity contribution in [3.05, 3.63) is 29.8 Å². The van der Waals surface area contributed by atoms with Gasteiger partial charge in [0.15, 0.2) is 0 Å². The van der Waals surface area contributed by atoms with Gasteiger partial charge in [-0.3, -0.25) is 4.79 Å². The molecule has 0 aliphatic carbocycles. The van der Waals surface area contributed by atoms with Crippen LogP contribution in [0.15, 0.2) is 24.3 Å². The molecule has 1 atom stereocenters. The minimum atomic E-state index is -0.930. The van der Waals surface area contributed by atoms with E-state index in [4.69, 9.17) is 9.47 Å². The Bertz CT molecular complexity index is 424. The Morgan fingerprint density at radius 1 is 1.47 bits per heavy atom. The Kier molecular flexibility index (Phi) is 4.39. The van der Waals surface area contributed by atoms with E-state index in [-0.39, 0.29) is 19.1 Å². The summed E-state index contributed by atoms with van der Waals surface area (Å²) in [5, 5.41) is 12.8. The van der Waals surface area contributed by atoms with Gasteiger partial charge >= 0.3 is 0 Å². The van der Waals surface area contributed by atoms with Gasteiger partial charge in [-0.25, -0.2) is 0 Å². The highest BCUT2D eigenvalue weighted by Gasteiger charge is 2.32. The van der Waals surface area contributed by atoms with Gasteiger partial charge < -0.3 is 19.9 Å². The highest BCUT2D eigenvalue weighted by Crippen LogP contribution is 2.17. The first-order valence-electron chi connectivity index (χ1n) is 6.44. The molecule has 1 aromatic rings. The Hall–Kier alpha value is -1.59. The average molecular weight is 265 g/mol. The molecular weight excluding hydrogens is 246 g/mol. The van der Waals surface area contributed by atoms with E-state index in [2.05, 4.69) is 5.32 Å². The van der Waals surface area contributed by atoms with E-state index >= 15 is 0 Å². The molecule has 1 fully saturated rings. The molecule has 0 radical (unpaired) electrons. The number of benzene rings is 1. The summed E-state index contributed by atoms with van der Waals surface area (Å²) in [7, 11) is 0. The van der Waals surface area contributed by atoms with E-state index in [9.17, 15) is 9.90 Å². The van der Waals surface area contributed by atoms with Gasteiger partial charge in [0.1, 0.15) is 11.4 Å². The van der Waals surface area contributed by atoms with Gasteiger partial charge in [-0.15, -0.1) is 0 Å². The van der Waals surface area contributed by atoms with E-state index in [0.717, 1.165) is 5.75 Å². The average Bonchev–Trinajstić information content (AvgIpc) is 2.85. The summed E-state index contributed by atoms with van der Waals surface area (Å²) in [6, 6.07) is 6.92. The summed E-state index contributed by atoms with van der Waals surface area (Å²) in [4.78, 5) is 11.9. The molecule has 0 saturated carbocycles. The summed E-state index contributed by atoms with van der Waals surface area (Å²) in [6.45, 7) is 3.52. The van der Waals surface area contributed by atoms with Gasteiger partial charge in [0.25, 0.3) is 5.91 Å². The summed E-state index contributed by atoms with van der Waals surface area (Å²) in [5.74, 6) is 0.533. The van der Waals surface area contributed by atoms with E-state index in [0.29, 0.717) is 25.2 Å². The lowest BCUT2D eigenvalue weighted by molar-refractivity contribution is 0.0264. The molecule has 0 bridgehead atoms. The molecule has 1 heterocycles. The van der Waals surface area contributed by atoms with Crippen LogP contribution in [0.2, 0.25) is 0 Å². The van der Waals surface area contributed by atoms with Gasteiger partial charge in [-0.05, 0) is 31.2 Å². The van der Waals surface area contributed by atoms with Crippen LogP contribution in [0.3, 0.4) is 0 Å². The molecule has 2 rings (SSSR count). The number of nitrogens with one attached hydrogen (secondary N) is 1. The van der Waals surface area contributed by atoms with Crippen molar-refractivity contribution in [3.63, 3.8) is 0 Å². The molecule has 104 valence electrons. The molecule has 1 saturated heterocycles. The van der Waals surface area contributed by atoms with Crippen LogP contribution >= 0.6 is 0 Å². The van der Waals surface area contributed by atoms with E-state index < -0.39 is 5.60 Å². The van der Waals surface area contributed by atoms with Crippen molar-refractivity contribution in [2.24, 2.45) is 0 Å². The number of ether oxygens (including phenoxy) is 2. The first-order chi connectivity index (χ1) is 9.13. The maximum absolute atomic E-state index is 11.9. The minimum Gasteiger partial charge on any atom is -0.494 e. The normalized spacial score (nSPS) is 22.2. The topological polar surface area (TPSA) is 67.8 Å². The molecule has 0 spiro atoms. The Labute approximate surface area is 112 Å². The number of hydrogen-bond acceptors (Lipinski definition) is 4. The minimum absolute atomic E-state index is 0.205. The van der Waals surface area contributed by atoms with Gasteiger partial charge in [0.2, 0.25) is 0 Å². The SMILES string of the molecule is CCOc1ccc(C(=O)NCC2(O)CCOC2)cc1. The van der Waals surface area contributed by atoms with Crippen molar-refractivity contribution in [3.8, 4) is 5.75 Å². The Morgan fingerprint density at radius 2 is 2.21 bits per heavy atom. The predicted octanol–water partition coefficient (Wildman–Crippen LogP) is 0.966. The second-order valence-electron chi connectivity index (χ2n) is 4.67. The second kappa shape index (κ2) is 6.04. The number of rotatable bonds is 5. The number of amides is 1. The van der Waals surface area contributed by atoms with Crippen LogP contribution in [-0.2, 0) is 4.74 Å². The summed E-state index contributed by atoms with van der Waals surface area (Å²) in [5.41, 5.74) is -0.382. The fourth-order valence-electron chi connectivity index (χ4n) is 1.95. The van der Waals surface area contributed by atoms with Crippen molar-refractivity contribution < 1.29 is 19.4 Å². The monoisotopic (exact) mass is 265 g/mol. The van der Waals surface area contributed by atoms with Crippen LogP contribution < -0.4 is 10.1 Å². The van der Waals surface area contributed by atoms with Crippen molar-refractivity contribution in [1.29, 1.82) is 0 Å². The number of carbonyl (C=O) groups is 1. The molecule has 1 aliphatic rings. The number of hydrogen-bond donors (Lipinski definition) is 2. The van der Waals surface area contributed by atoms with Crippen LogP contribution in [0.4, 0.5) is 0 Å². The third-order valence-corrected chi connectivity index (χ3v) is 3.09. The summed E-state index contributed by atoms with van der Waals surface area (Å²) in [6.07, 6.45) is 0.552. The molecule has 0 aromatic heterocycles. The molecule has 1 amide bonds. The lowest BCUT2D eigenvalue weighted by atomic mass is 10.0. The fourth-order valence-corrected chi connectivity index (χ4v) is 1.95. The third kappa shape index (κ3) is 3.68. The molecule has 5 heteroatoms. The third-order valence-electron chi connectivity index (χ3n) is 3.09. The van der Waals surface area contributed by atoms with Crippen molar-refractivity contribution in [1.82, 2.24) is 5.32 Å². The largest absolute Gasteiger partial charge is 0.494 e. The highest BCUT2D eigenvalue weighted by molar-refractivity contribution is 5.94. The zero-order chi connectivity index (χ0) is 13.7. The van der Waals surface area contributed by atoms with Crippen LogP contribution in [0.5, 0.6) is 5.75 Å².